The maximum Gasteiger partial charge on any atom is 0.337 e. The van der Waals surface area contributed by atoms with E-state index in [1.165, 1.54) is 6.08 Å². The molecule has 0 saturated carbocycles. The van der Waals surface area contributed by atoms with Gasteiger partial charge in [-0.1, -0.05) is 26.5 Å². The molecule has 0 aliphatic carbocycles. The van der Waals surface area contributed by atoms with Crippen LogP contribution in [0.15, 0.2) is 37.0 Å². The number of carbonyl (C=O) groups is 3. The van der Waals surface area contributed by atoms with Crippen LogP contribution >= 0.6 is 0 Å². The minimum Gasteiger partial charge on any atom is -0.462 e. The minimum atomic E-state index is -0.651. The fourth-order valence-corrected chi connectivity index (χ4v) is 0.860. The second-order valence-corrected chi connectivity index (χ2v) is 3.41. The highest BCUT2D eigenvalue weighted by atomic mass is 16.5. The fourth-order valence-electron chi connectivity index (χ4n) is 0.860. The molecule has 0 radical (unpaired) electrons. The lowest BCUT2D eigenvalue weighted by atomic mass is 10.2. The number of hydrogen-bond acceptors (Lipinski definition) is 4. The number of imide groups is 1. The number of carbonyl (C=O) groups excluding carboxylic acids is 3. The van der Waals surface area contributed by atoms with E-state index in [1.54, 1.807) is 0 Å². The average molecular weight is 251 g/mol. The van der Waals surface area contributed by atoms with E-state index in [4.69, 9.17) is 4.74 Å². The van der Waals surface area contributed by atoms with Crippen molar-refractivity contribution in [1.29, 1.82) is 0 Å². The molecule has 5 heteroatoms. The number of hydrogen-bond donors (Lipinski definition) is 1. The summed E-state index contributed by atoms with van der Waals surface area (Å²) in [5.41, 5.74) is 0.0484. The first kappa shape index (κ1) is 15.8. The van der Waals surface area contributed by atoms with Crippen LogP contribution in [-0.4, -0.2) is 24.4 Å². The van der Waals surface area contributed by atoms with Crippen molar-refractivity contribution in [3.05, 3.63) is 37.0 Å². The van der Waals surface area contributed by atoms with Crippen molar-refractivity contribution >= 4 is 17.8 Å². The van der Waals surface area contributed by atoms with Gasteiger partial charge in [-0.3, -0.25) is 14.9 Å². The van der Waals surface area contributed by atoms with Gasteiger partial charge in [0.25, 0.3) is 5.91 Å². The van der Waals surface area contributed by atoms with Crippen molar-refractivity contribution in [1.82, 2.24) is 5.32 Å². The monoisotopic (exact) mass is 251 g/mol. The molecule has 18 heavy (non-hydrogen) atoms. The highest BCUT2D eigenvalue weighted by Crippen LogP contribution is 1.98. The van der Waals surface area contributed by atoms with Crippen molar-refractivity contribution in [2.24, 2.45) is 0 Å². The van der Waals surface area contributed by atoms with Gasteiger partial charge in [-0.2, -0.15) is 0 Å². The van der Waals surface area contributed by atoms with Crippen LogP contribution in [0.25, 0.3) is 0 Å². The van der Waals surface area contributed by atoms with E-state index in [0.717, 1.165) is 25.0 Å². The summed E-state index contributed by atoms with van der Waals surface area (Å²) in [5, 5.41) is 2.00. The van der Waals surface area contributed by atoms with E-state index in [9.17, 15) is 14.4 Å². The van der Waals surface area contributed by atoms with E-state index in [0.29, 0.717) is 6.61 Å². The zero-order valence-corrected chi connectivity index (χ0v) is 10.4. The Morgan fingerprint density at radius 1 is 1.22 bits per heavy atom. The first-order valence-corrected chi connectivity index (χ1v) is 5.52. The van der Waals surface area contributed by atoms with Crippen LogP contribution in [-0.2, 0) is 19.1 Å². The largest absolute Gasteiger partial charge is 0.462 e. The topological polar surface area (TPSA) is 72.5 Å². The summed E-state index contributed by atoms with van der Waals surface area (Å²) >= 11 is 0. The Morgan fingerprint density at radius 2 is 1.89 bits per heavy atom. The maximum atomic E-state index is 11.3. The number of unbranched alkanes of at least 4 members (excludes halogenated alkanes) is 1. The zero-order chi connectivity index (χ0) is 14.0. The Morgan fingerprint density at radius 3 is 2.44 bits per heavy atom. The lowest BCUT2D eigenvalue weighted by Crippen LogP contribution is -2.26. The van der Waals surface area contributed by atoms with Crippen LogP contribution < -0.4 is 5.32 Å². The van der Waals surface area contributed by atoms with E-state index in [-0.39, 0.29) is 5.57 Å². The van der Waals surface area contributed by atoms with Gasteiger partial charge in [0, 0.05) is 6.08 Å². The van der Waals surface area contributed by atoms with Crippen LogP contribution in [0, 0.1) is 0 Å². The van der Waals surface area contributed by atoms with Crippen molar-refractivity contribution in [2.75, 3.05) is 6.61 Å². The molecule has 5 nitrogen and oxygen atoms in total. The van der Waals surface area contributed by atoms with Crippen molar-refractivity contribution in [3.8, 4) is 0 Å². The van der Waals surface area contributed by atoms with Gasteiger partial charge in [-0.05, 0) is 18.6 Å². The van der Waals surface area contributed by atoms with E-state index in [1.807, 2.05) is 12.2 Å². The predicted octanol–water partition coefficient (Wildman–Crippen LogP) is 1.27. The van der Waals surface area contributed by atoms with Crippen molar-refractivity contribution in [3.63, 3.8) is 0 Å². The van der Waals surface area contributed by atoms with Crippen molar-refractivity contribution < 1.29 is 19.1 Å². The van der Waals surface area contributed by atoms with E-state index in [2.05, 4.69) is 13.2 Å². The number of rotatable bonds is 7. The summed E-state index contributed by atoms with van der Waals surface area (Å²) in [6, 6.07) is 0. The Balaban J connectivity index is 4.13. The second kappa shape index (κ2) is 8.92. The molecular weight excluding hydrogens is 234 g/mol. The standard InChI is InChI=1S/C13H17NO4/c1-4-6-9-18-13(17)10(3)7-8-12(16)14-11(15)5-2/h5,7-8H,2-4,6,9H2,1H3,(H,14,15,16). The molecule has 0 bridgehead atoms. The van der Waals surface area contributed by atoms with Gasteiger partial charge in [0.05, 0.1) is 12.2 Å². The summed E-state index contributed by atoms with van der Waals surface area (Å²) in [6.07, 6.45) is 4.89. The molecule has 0 heterocycles. The minimum absolute atomic E-state index is 0.0484. The van der Waals surface area contributed by atoms with Crippen LogP contribution in [0.5, 0.6) is 0 Å². The molecule has 2 amide bonds. The lowest BCUT2D eigenvalue weighted by Gasteiger charge is -2.02. The van der Waals surface area contributed by atoms with Gasteiger partial charge in [0.2, 0.25) is 5.91 Å². The number of esters is 1. The third-order valence-electron chi connectivity index (χ3n) is 1.86. The van der Waals surface area contributed by atoms with Gasteiger partial charge < -0.3 is 4.74 Å². The van der Waals surface area contributed by atoms with Gasteiger partial charge in [0.1, 0.15) is 0 Å². The van der Waals surface area contributed by atoms with E-state index < -0.39 is 17.8 Å². The SMILES string of the molecule is C=CC(=O)NC(=O)C=CC(=C)C(=O)OCCCC. The number of nitrogens with one attached hydrogen (secondary N) is 1. The van der Waals surface area contributed by atoms with Gasteiger partial charge in [-0.25, -0.2) is 4.79 Å². The average Bonchev–Trinajstić information content (AvgIpc) is 2.35. The Labute approximate surface area is 106 Å². The van der Waals surface area contributed by atoms with E-state index >= 15 is 0 Å². The third-order valence-corrected chi connectivity index (χ3v) is 1.86. The molecule has 0 spiro atoms. The normalized spacial score (nSPS) is 9.83. The molecule has 0 aromatic heterocycles. The Kier molecular flexibility index (Phi) is 7.85. The first-order chi connectivity index (χ1) is 8.51. The predicted molar refractivity (Wildman–Crippen MR) is 67.5 cm³/mol. The highest BCUT2D eigenvalue weighted by molar-refractivity contribution is 6.05. The van der Waals surface area contributed by atoms with Crippen LogP contribution in [0.1, 0.15) is 19.8 Å². The Bertz CT molecular complexity index is 382. The van der Waals surface area contributed by atoms with Crippen LogP contribution in [0.3, 0.4) is 0 Å². The van der Waals surface area contributed by atoms with Crippen LogP contribution in [0.4, 0.5) is 0 Å². The summed E-state index contributed by atoms with van der Waals surface area (Å²) in [4.78, 5) is 33.2. The molecular formula is C13H17NO4. The molecule has 1 N–H and O–H groups in total. The molecule has 0 saturated heterocycles. The summed E-state index contributed by atoms with van der Waals surface area (Å²) in [5.74, 6) is -1.84. The second-order valence-electron chi connectivity index (χ2n) is 3.41. The first-order valence-electron chi connectivity index (χ1n) is 5.52. The number of ether oxygens (including phenoxy) is 1. The van der Waals surface area contributed by atoms with Crippen molar-refractivity contribution in [2.45, 2.75) is 19.8 Å². The molecule has 0 unspecified atom stereocenters. The highest BCUT2D eigenvalue weighted by Gasteiger charge is 2.06. The zero-order valence-electron chi connectivity index (χ0n) is 10.4. The molecule has 0 aliphatic heterocycles. The third kappa shape index (κ3) is 7.16. The molecule has 0 aromatic carbocycles. The summed E-state index contributed by atoms with van der Waals surface area (Å²) < 4.78 is 4.87. The summed E-state index contributed by atoms with van der Waals surface area (Å²) in [6.45, 7) is 8.96. The smallest absolute Gasteiger partial charge is 0.337 e. The van der Waals surface area contributed by atoms with Gasteiger partial charge >= 0.3 is 5.97 Å². The molecule has 0 rings (SSSR count). The van der Waals surface area contributed by atoms with Gasteiger partial charge in [-0.15, -0.1) is 0 Å². The molecule has 0 aliphatic rings. The van der Waals surface area contributed by atoms with Gasteiger partial charge in [0.15, 0.2) is 0 Å². The fraction of sp³-hybridized carbons (Fsp3) is 0.308. The molecule has 0 aromatic rings. The lowest BCUT2D eigenvalue weighted by molar-refractivity contribution is -0.138. The van der Waals surface area contributed by atoms with Crippen LogP contribution in [0.2, 0.25) is 0 Å². The number of amides is 2. The molecule has 0 fully saturated rings. The summed E-state index contributed by atoms with van der Waals surface area (Å²) in [7, 11) is 0. The molecule has 98 valence electrons. The quantitative estimate of drug-likeness (QED) is 0.320. The Hall–Kier alpha value is -2.17. The molecule has 0 atom stereocenters. The maximum absolute atomic E-state index is 11.3.